The SMILES string of the molecule is CCNCC1CCN(Cc2c(Cl)cccc2Cl)CC1. The first-order valence-corrected chi connectivity index (χ1v) is 7.82. The Balaban J connectivity index is 1.85. The minimum absolute atomic E-state index is 0.780. The molecule has 0 aliphatic carbocycles. The van der Waals surface area contributed by atoms with Crippen LogP contribution in [0.5, 0.6) is 0 Å². The molecule has 4 heteroatoms. The van der Waals surface area contributed by atoms with Crippen molar-refractivity contribution in [1.29, 1.82) is 0 Å². The third kappa shape index (κ3) is 4.35. The Morgan fingerprint density at radius 3 is 2.42 bits per heavy atom. The highest BCUT2D eigenvalue weighted by Crippen LogP contribution is 2.27. The van der Waals surface area contributed by atoms with Gasteiger partial charge in [-0.2, -0.15) is 0 Å². The molecule has 0 saturated carbocycles. The molecular weight excluding hydrogens is 279 g/mol. The second kappa shape index (κ2) is 7.49. The maximum Gasteiger partial charge on any atom is 0.0465 e. The van der Waals surface area contributed by atoms with Gasteiger partial charge in [0.2, 0.25) is 0 Å². The maximum atomic E-state index is 6.22. The Morgan fingerprint density at radius 2 is 1.84 bits per heavy atom. The quantitative estimate of drug-likeness (QED) is 0.889. The summed E-state index contributed by atoms with van der Waals surface area (Å²) in [5, 5.41) is 5.00. The number of nitrogens with zero attached hydrogens (tertiary/aromatic N) is 1. The first-order chi connectivity index (χ1) is 9.20. The van der Waals surface area contributed by atoms with Gasteiger partial charge in [0.05, 0.1) is 0 Å². The fraction of sp³-hybridized carbons (Fsp3) is 0.600. The molecule has 1 fully saturated rings. The normalized spacial score (nSPS) is 17.8. The van der Waals surface area contributed by atoms with Crippen LogP contribution in [-0.4, -0.2) is 31.1 Å². The Labute approximate surface area is 126 Å². The highest BCUT2D eigenvalue weighted by molar-refractivity contribution is 6.35. The molecule has 19 heavy (non-hydrogen) atoms. The van der Waals surface area contributed by atoms with Crippen molar-refractivity contribution in [2.24, 2.45) is 5.92 Å². The fourth-order valence-corrected chi connectivity index (χ4v) is 3.12. The van der Waals surface area contributed by atoms with Gasteiger partial charge in [0.25, 0.3) is 0 Å². The van der Waals surface area contributed by atoms with E-state index in [0.29, 0.717) is 0 Å². The third-order valence-electron chi connectivity index (χ3n) is 3.83. The van der Waals surface area contributed by atoms with Gasteiger partial charge in [-0.05, 0) is 57.1 Å². The van der Waals surface area contributed by atoms with Crippen LogP contribution in [0.15, 0.2) is 18.2 Å². The minimum Gasteiger partial charge on any atom is -0.317 e. The number of hydrogen-bond donors (Lipinski definition) is 1. The number of likely N-dealkylation sites (tertiary alicyclic amines) is 1. The average molecular weight is 301 g/mol. The first kappa shape index (κ1) is 15.1. The van der Waals surface area contributed by atoms with Crippen molar-refractivity contribution in [1.82, 2.24) is 10.2 Å². The number of rotatable bonds is 5. The summed E-state index contributed by atoms with van der Waals surface area (Å²) < 4.78 is 0. The van der Waals surface area contributed by atoms with Gasteiger partial charge in [0, 0.05) is 22.2 Å². The van der Waals surface area contributed by atoms with E-state index < -0.39 is 0 Å². The summed E-state index contributed by atoms with van der Waals surface area (Å²) in [4.78, 5) is 2.45. The third-order valence-corrected chi connectivity index (χ3v) is 4.54. The lowest BCUT2D eigenvalue weighted by Gasteiger charge is -2.32. The van der Waals surface area contributed by atoms with Gasteiger partial charge in [-0.15, -0.1) is 0 Å². The van der Waals surface area contributed by atoms with Crippen LogP contribution < -0.4 is 5.32 Å². The zero-order chi connectivity index (χ0) is 13.7. The maximum absolute atomic E-state index is 6.22. The highest BCUT2D eigenvalue weighted by atomic mass is 35.5. The molecule has 1 saturated heterocycles. The smallest absolute Gasteiger partial charge is 0.0465 e. The molecule has 0 atom stereocenters. The van der Waals surface area contributed by atoms with E-state index in [1.807, 2.05) is 18.2 Å². The Hall–Kier alpha value is -0.280. The molecule has 0 amide bonds. The number of benzene rings is 1. The summed E-state index contributed by atoms with van der Waals surface area (Å²) >= 11 is 12.4. The summed E-state index contributed by atoms with van der Waals surface area (Å²) in [5.41, 5.74) is 1.07. The van der Waals surface area contributed by atoms with Crippen molar-refractivity contribution in [2.45, 2.75) is 26.3 Å². The molecule has 1 aliphatic heterocycles. The zero-order valence-corrected chi connectivity index (χ0v) is 13.0. The topological polar surface area (TPSA) is 15.3 Å². The van der Waals surface area contributed by atoms with Gasteiger partial charge in [-0.3, -0.25) is 4.90 Å². The summed E-state index contributed by atoms with van der Waals surface area (Å²) in [6.07, 6.45) is 2.52. The van der Waals surface area contributed by atoms with Crippen LogP contribution in [0.4, 0.5) is 0 Å². The van der Waals surface area contributed by atoms with Crippen LogP contribution >= 0.6 is 23.2 Å². The second-order valence-electron chi connectivity index (χ2n) is 5.23. The molecule has 0 unspecified atom stereocenters. The number of piperidine rings is 1. The van der Waals surface area contributed by atoms with E-state index >= 15 is 0 Å². The minimum atomic E-state index is 0.780. The number of hydrogen-bond acceptors (Lipinski definition) is 2. The standard InChI is InChI=1S/C15H22Cl2N2/c1-2-18-10-12-6-8-19(9-7-12)11-13-14(16)4-3-5-15(13)17/h3-5,12,18H,2,6-11H2,1H3. The predicted octanol–water partition coefficient (Wildman–Crippen LogP) is 3.81. The van der Waals surface area contributed by atoms with E-state index in [4.69, 9.17) is 23.2 Å². The molecule has 1 aromatic carbocycles. The van der Waals surface area contributed by atoms with Crippen molar-refractivity contribution >= 4 is 23.2 Å². The molecule has 0 aromatic heterocycles. The highest BCUT2D eigenvalue weighted by Gasteiger charge is 2.20. The average Bonchev–Trinajstić information content (AvgIpc) is 2.42. The van der Waals surface area contributed by atoms with E-state index in [2.05, 4.69) is 17.1 Å². The molecule has 0 spiro atoms. The van der Waals surface area contributed by atoms with E-state index in [1.165, 1.54) is 12.8 Å². The van der Waals surface area contributed by atoms with Crippen LogP contribution in [-0.2, 0) is 6.54 Å². The van der Waals surface area contributed by atoms with Gasteiger partial charge < -0.3 is 5.32 Å². The van der Waals surface area contributed by atoms with Gasteiger partial charge >= 0.3 is 0 Å². The number of nitrogens with one attached hydrogen (secondary N) is 1. The fourth-order valence-electron chi connectivity index (χ4n) is 2.60. The van der Waals surface area contributed by atoms with Crippen LogP contribution in [0.1, 0.15) is 25.3 Å². The molecule has 0 radical (unpaired) electrons. The lowest BCUT2D eigenvalue weighted by molar-refractivity contribution is 0.176. The van der Waals surface area contributed by atoms with Crippen LogP contribution in [0.2, 0.25) is 10.0 Å². The molecule has 1 N–H and O–H groups in total. The van der Waals surface area contributed by atoms with Gasteiger partial charge in [-0.1, -0.05) is 36.2 Å². The molecule has 0 bridgehead atoms. The van der Waals surface area contributed by atoms with Crippen molar-refractivity contribution in [3.8, 4) is 0 Å². The molecule has 2 nitrogen and oxygen atoms in total. The van der Waals surface area contributed by atoms with Crippen LogP contribution in [0.3, 0.4) is 0 Å². The monoisotopic (exact) mass is 300 g/mol. The molecule has 2 rings (SSSR count). The predicted molar refractivity (Wildman–Crippen MR) is 83.0 cm³/mol. The lowest BCUT2D eigenvalue weighted by Crippen LogP contribution is -2.37. The molecular formula is C15H22Cl2N2. The Kier molecular flexibility index (Phi) is 5.96. The summed E-state index contributed by atoms with van der Waals surface area (Å²) in [6.45, 7) is 7.52. The van der Waals surface area contributed by atoms with E-state index in [-0.39, 0.29) is 0 Å². The summed E-state index contributed by atoms with van der Waals surface area (Å²) in [5.74, 6) is 0.818. The van der Waals surface area contributed by atoms with Gasteiger partial charge in [0.15, 0.2) is 0 Å². The van der Waals surface area contributed by atoms with Crippen LogP contribution in [0, 0.1) is 5.92 Å². The van der Waals surface area contributed by atoms with Crippen molar-refractivity contribution < 1.29 is 0 Å². The van der Waals surface area contributed by atoms with Gasteiger partial charge in [-0.25, -0.2) is 0 Å². The Bertz CT molecular complexity index is 381. The van der Waals surface area contributed by atoms with Crippen molar-refractivity contribution in [3.63, 3.8) is 0 Å². The molecule has 106 valence electrons. The molecule has 1 heterocycles. The summed E-state index contributed by atoms with van der Waals surface area (Å²) in [6, 6.07) is 5.73. The van der Waals surface area contributed by atoms with E-state index in [0.717, 1.165) is 54.3 Å². The first-order valence-electron chi connectivity index (χ1n) is 7.06. The largest absolute Gasteiger partial charge is 0.317 e. The lowest BCUT2D eigenvalue weighted by atomic mass is 9.96. The van der Waals surface area contributed by atoms with E-state index in [9.17, 15) is 0 Å². The van der Waals surface area contributed by atoms with Gasteiger partial charge in [0.1, 0.15) is 0 Å². The van der Waals surface area contributed by atoms with Crippen LogP contribution in [0.25, 0.3) is 0 Å². The second-order valence-corrected chi connectivity index (χ2v) is 6.04. The zero-order valence-electron chi connectivity index (χ0n) is 11.5. The van der Waals surface area contributed by atoms with Crippen molar-refractivity contribution in [3.05, 3.63) is 33.8 Å². The van der Waals surface area contributed by atoms with Crippen molar-refractivity contribution in [2.75, 3.05) is 26.2 Å². The molecule has 1 aliphatic rings. The summed E-state index contributed by atoms with van der Waals surface area (Å²) in [7, 11) is 0. The Morgan fingerprint density at radius 1 is 1.21 bits per heavy atom. The molecule has 1 aromatic rings. The van der Waals surface area contributed by atoms with E-state index in [1.54, 1.807) is 0 Å². The number of halogens is 2.